The Balaban J connectivity index is 1.75. The first kappa shape index (κ1) is 17.6. The van der Waals surface area contributed by atoms with E-state index in [1.165, 1.54) is 0 Å². The van der Waals surface area contributed by atoms with Crippen molar-refractivity contribution < 1.29 is 13.9 Å². The zero-order chi connectivity index (χ0) is 18.1. The van der Waals surface area contributed by atoms with Crippen LogP contribution in [0, 0.1) is 0 Å². The molecule has 8 heteroatoms. The topological polar surface area (TPSA) is 86.3 Å². The fraction of sp³-hybridized carbons (Fsp3) is 0.647. The molecule has 25 heavy (non-hydrogen) atoms. The summed E-state index contributed by atoms with van der Waals surface area (Å²) >= 11 is 0. The molecular formula is C17H25N5O3. The molecule has 2 aromatic rings. The van der Waals surface area contributed by atoms with Gasteiger partial charge in [-0.1, -0.05) is 27.7 Å². The Morgan fingerprint density at radius 2 is 2.00 bits per heavy atom. The minimum Gasteiger partial charge on any atom is -0.422 e. The Bertz CT molecular complexity index is 749. The van der Waals surface area contributed by atoms with E-state index < -0.39 is 6.10 Å². The van der Waals surface area contributed by atoms with E-state index in [-0.39, 0.29) is 17.7 Å². The Labute approximate surface area is 147 Å². The smallest absolute Gasteiger partial charge is 0.272 e. The maximum Gasteiger partial charge on any atom is 0.272 e. The Kier molecular flexibility index (Phi) is 4.89. The van der Waals surface area contributed by atoms with Gasteiger partial charge in [-0.2, -0.15) is 5.10 Å². The summed E-state index contributed by atoms with van der Waals surface area (Å²) in [4.78, 5) is 14.6. The average molecular weight is 347 g/mol. The Hall–Kier alpha value is -2.22. The normalized spacial score (nSPS) is 18.4. The molecule has 2 aromatic heterocycles. The molecule has 1 aliphatic heterocycles. The highest BCUT2D eigenvalue weighted by atomic mass is 16.5. The highest BCUT2D eigenvalue weighted by molar-refractivity contribution is 5.92. The number of nitrogens with zero attached hydrogens (tertiary/aromatic N) is 5. The molecule has 1 fully saturated rings. The molecule has 3 heterocycles. The minimum absolute atomic E-state index is 0.0567. The summed E-state index contributed by atoms with van der Waals surface area (Å²) in [5.41, 5.74) is 1.49. The molecule has 1 saturated heterocycles. The number of aryl methyl sites for hydroxylation is 1. The highest BCUT2D eigenvalue weighted by Crippen LogP contribution is 2.24. The first-order valence-corrected chi connectivity index (χ1v) is 8.65. The fourth-order valence-corrected chi connectivity index (χ4v) is 2.73. The van der Waals surface area contributed by atoms with Gasteiger partial charge in [0, 0.05) is 19.5 Å². The quantitative estimate of drug-likeness (QED) is 0.843. The van der Waals surface area contributed by atoms with Gasteiger partial charge < -0.3 is 14.1 Å². The molecule has 0 aliphatic carbocycles. The van der Waals surface area contributed by atoms with Crippen molar-refractivity contribution in [2.24, 2.45) is 7.05 Å². The van der Waals surface area contributed by atoms with Gasteiger partial charge >= 0.3 is 0 Å². The van der Waals surface area contributed by atoms with E-state index >= 15 is 0 Å². The van der Waals surface area contributed by atoms with Crippen molar-refractivity contribution >= 4 is 5.91 Å². The molecular weight excluding hydrogens is 322 g/mol. The summed E-state index contributed by atoms with van der Waals surface area (Å²) in [6.07, 6.45) is -0.393. The van der Waals surface area contributed by atoms with Crippen molar-refractivity contribution in [3.63, 3.8) is 0 Å². The lowest BCUT2D eigenvalue weighted by atomic mass is 10.1. The van der Waals surface area contributed by atoms with Crippen LogP contribution in [0.3, 0.4) is 0 Å². The van der Waals surface area contributed by atoms with Crippen molar-refractivity contribution in [1.29, 1.82) is 0 Å². The summed E-state index contributed by atoms with van der Waals surface area (Å²) in [6.45, 7) is 9.45. The van der Waals surface area contributed by atoms with Gasteiger partial charge in [0.1, 0.15) is 5.69 Å². The van der Waals surface area contributed by atoms with Crippen molar-refractivity contribution in [2.75, 3.05) is 19.7 Å². The molecule has 0 saturated carbocycles. The standard InChI is InChI=1S/C17H25N5O3/c1-10(2)12-8-13(21(5)20-12)17(23)22-6-7-24-14(9-22)16-19-18-15(25-16)11(3)4/h8,10-11,14H,6-7,9H2,1-5H3. The first-order valence-electron chi connectivity index (χ1n) is 8.65. The average Bonchev–Trinajstić information content (AvgIpc) is 3.21. The molecule has 1 aliphatic rings. The van der Waals surface area contributed by atoms with E-state index in [2.05, 4.69) is 29.1 Å². The number of amides is 1. The second-order valence-corrected chi connectivity index (χ2v) is 6.98. The summed E-state index contributed by atoms with van der Waals surface area (Å²) < 4.78 is 13.1. The number of aromatic nitrogens is 4. The third-order valence-electron chi connectivity index (χ3n) is 4.29. The van der Waals surface area contributed by atoms with Crippen LogP contribution < -0.4 is 0 Å². The minimum atomic E-state index is -0.393. The molecule has 0 radical (unpaired) electrons. The molecule has 0 aromatic carbocycles. The molecule has 0 bridgehead atoms. The molecule has 1 atom stereocenters. The van der Waals surface area contributed by atoms with Crippen LogP contribution in [0.2, 0.25) is 0 Å². The van der Waals surface area contributed by atoms with Crippen LogP contribution in [0.1, 0.15) is 73.6 Å². The van der Waals surface area contributed by atoms with Gasteiger partial charge in [0.05, 0.1) is 18.8 Å². The van der Waals surface area contributed by atoms with Gasteiger partial charge in [0.25, 0.3) is 5.91 Å². The van der Waals surface area contributed by atoms with Crippen LogP contribution in [0.25, 0.3) is 0 Å². The van der Waals surface area contributed by atoms with E-state index in [1.807, 2.05) is 19.9 Å². The molecule has 1 unspecified atom stereocenters. The maximum absolute atomic E-state index is 12.9. The fourth-order valence-electron chi connectivity index (χ4n) is 2.73. The van der Waals surface area contributed by atoms with Crippen molar-refractivity contribution in [3.8, 4) is 0 Å². The third kappa shape index (κ3) is 3.58. The molecule has 1 amide bonds. The van der Waals surface area contributed by atoms with E-state index in [1.54, 1.807) is 16.6 Å². The second-order valence-electron chi connectivity index (χ2n) is 6.98. The monoisotopic (exact) mass is 347 g/mol. The number of carbonyl (C=O) groups excluding carboxylic acids is 1. The summed E-state index contributed by atoms with van der Waals surface area (Å²) in [7, 11) is 1.80. The number of hydrogen-bond acceptors (Lipinski definition) is 6. The van der Waals surface area contributed by atoms with E-state index in [0.717, 1.165) is 5.69 Å². The number of rotatable bonds is 4. The lowest BCUT2D eigenvalue weighted by molar-refractivity contribution is -0.0354. The SMILES string of the molecule is CC(C)c1cc(C(=O)N2CCOC(c3nnc(C(C)C)o3)C2)n(C)n1. The number of morpholine rings is 1. The Morgan fingerprint density at radius 1 is 1.24 bits per heavy atom. The second kappa shape index (κ2) is 6.95. The van der Waals surface area contributed by atoms with Crippen molar-refractivity contribution in [2.45, 2.75) is 45.6 Å². The third-order valence-corrected chi connectivity index (χ3v) is 4.29. The van der Waals surface area contributed by atoms with Gasteiger partial charge in [-0.25, -0.2) is 0 Å². The molecule has 0 spiro atoms. The predicted molar refractivity (Wildman–Crippen MR) is 90.3 cm³/mol. The number of hydrogen-bond donors (Lipinski definition) is 0. The van der Waals surface area contributed by atoms with Gasteiger partial charge in [-0.15, -0.1) is 10.2 Å². The van der Waals surface area contributed by atoms with Crippen LogP contribution in [0.4, 0.5) is 0 Å². The summed E-state index contributed by atoms with van der Waals surface area (Å²) in [6, 6.07) is 1.86. The number of ether oxygens (including phenoxy) is 1. The molecule has 8 nitrogen and oxygen atoms in total. The van der Waals surface area contributed by atoms with E-state index in [0.29, 0.717) is 37.2 Å². The highest BCUT2D eigenvalue weighted by Gasteiger charge is 2.31. The van der Waals surface area contributed by atoms with E-state index in [4.69, 9.17) is 9.15 Å². The maximum atomic E-state index is 12.9. The van der Waals surface area contributed by atoms with Crippen LogP contribution in [-0.2, 0) is 11.8 Å². The summed E-state index contributed by atoms with van der Waals surface area (Å²) in [5.74, 6) is 1.38. The van der Waals surface area contributed by atoms with Gasteiger partial charge in [0.2, 0.25) is 11.8 Å². The number of carbonyl (C=O) groups is 1. The molecule has 0 N–H and O–H groups in total. The van der Waals surface area contributed by atoms with Gasteiger partial charge in [-0.3, -0.25) is 9.48 Å². The molecule has 136 valence electrons. The van der Waals surface area contributed by atoms with Crippen LogP contribution in [-0.4, -0.2) is 50.5 Å². The zero-order valence-corrected chi connectivity index (χ0v) is 15.4. The van der Waals surface area contributed by atoms with Gasteiger partial charge in [0.15, 0.2) is 6.10 Å². The predicted octanol–water partition coefficient (Wildman–Crippen LogP) is 2.26. The van der Waals surface area contributed by atoms with Crippen LogP contribution >= 0.6 is 0 Å². The Morgan fingerprint density at radius 3 is 2.60 bits per heavy atom. The van der Waals surface area contributed by atoms with Gasteiger partial charge in [-0.05, 0) is 12.0 Å². The van der Waals surface area contributed by atoms with Crippen LogP contribution in [0.5, 0.6) is 0 Å². The summed E-state index contributed by atoms with van der Waals surface area (Å²) in [5, 5.41) is 12.5. The van der Waals surface area contributed by atoms with Crippen LogP contribution in [0.15, 0.2) is 10.5 Å². The van der Waals surface area contributed by atoms with Crippen molar-refractivity contribution in [1.82, 2.24) is 24.9 Å². The first-order chi connectivity index (χ1) is 11.9. The van der Waals surface area contributed by atoms with E-state index in [9.17, 15) is 4.79 Å². The lowest BCUT2D eigenvalue weighted by Gasteiger charge is -2.31. The largest absolute Gasteiger partial charge is 0.422 e. The lowest BCUT2D eigenvalue weighted by Crippen LogP contribution is -2.43. The van der Waals surface area contributed by atoms with Crippen molar-refractivity contribution in [3.05, 3.63) is 29.2 Å². The molecule has 3 rings (SSSR count). The zero-order valence-electron chi connectivity index (χ0n) is 15.4.